The van der Waals surface area contributed by atoms with Gasteiger partial charge in [0.25, 0.3) is 0 Å². The van der Waals surface area contributed by atoms with Gasteiger partial charge in [-0.15, -0.1) is 0 Å². The lowest BCUT2D eigenvalue weighted by Crippen LogP contribution is -2.03. The quantitative estimate of drug-likeness (QED) is 0.564. The molecule has 1 nitrogen and oxygen atoms in total. The Labute approximate surface area is 75.7 Å². The van der Waals surface area contributed by atoms with Crippen molar-refractivity contribution < 1.29 is 0 Å². The maximum absolute atomic E-state index is 5.68. The van der Waals surface area contributed by atoms with E-state index >= 15 is 0 Å². The molecule has 0 saturated heterocycles. The standard InChI is InChI=1S/C9H12BrN/c1-6-3-4-8(9(10)11)7(2)5-6/h3-5,9H,11H2,1-2H3. The number of hydrogen-bond donors (Lipinski definition) is 1. The summed E-state index contributed by atoms with van der Waals surface area (Å²) >= 11 is 3.34. The van der Waals surface area contributed by atoms with Gasteiger partial charge in [0.2, 0.25) is 0 Å². The van der Waals surface area contributed by atoms with Crippen LogP contribution in [-0.2, 0) is 0 Å². The highest BCUT2D eigenvalue weighted by molar-refractivity contribution is 9.09. The van der Waals surface area contributed by atoms with E-state index in [2.05, 4.69) is 48.0 Å². The molecule has 0 aromatic heterocycles. The summed E-state index contributed by atoms with van der Waals surface area (Å²) in [5, 5.41) is 0. The summed E-state index contributed by atoms with van der Waals surface area (Å²) in [6.07, 6.45) is 0. The van der Waals surface area contributed by atoms with Crippen LogP contribution in [0, 0.1) is 13.8 Å². The van der Waals surface area contributed by atoms with Gasteiger partial charge in [-0.25, -0.2) is 0 Å². The van der Waals surface area contributed by atoms with Crippen molar-refractivity contribution in [3.8, 4) is 0 Å². The predicted molar refractivity (Wildman–Crippen MR) is 51.8 cm³/mol. The smallest absolute Gasteiger partial charge is 0.0864 e. The van der Waals surface area contributed by atoms with Crippen molar-refractivity contribution in [2.45, 2.75) is 18.8 Å². The van der Waals surface area contributed by atoms with Gasteiger partial charge in [0.05, 0.1) is 4.95 Å². The molecule has 0 saturated carbocycles. The van der Waals surface area contributed by atoms with Crippen LogP contribution in [0.25, 0.3) is 0 Å². The molecule has 1 rings (SSSR count). The van der Waals surface area contributed by atoms with Crippen molar-refractivity contribution in [3.05, 3.63) is 34.9 Å². The van der Waals surface area contributed by atoms with Gasteiger partial charge >= 0.3 is 0 Å². The zero-order chi connectivity index (χ0) is 8.43. The third-order valence-corrected chi connectivity index (χ3v) is 2.22. The van der Waals surface area contributed by atoms with E-state index < -0.39 is 0 Å². The molecule has 0 radical (unpaired) electrons. The Balaban J connectivity index is 3.09. The van der Waals surface area contributed by atoms with Gasteiger partial charge in [-0.1, -0.05) is 39.7 Å². The van der Waals surface area contributed by atoms with Gasteiger partial charge in [-0.05, 0) is 25.0 Å². The SMILES string of the molecule is Cc1ccc(C(N)Br)c(C)c1. The van der Waals surface area contributed by atoms with Crippen LogP contribution in [0.1, 0.15) is 21.6 Å². The molecular weight excluding hydrogens is 202 g/mol. The molecule has 2 heteroatoms. The number of nitrogens with two attached hydrogens (primary N) is 1. The van der Waals surface area contributed by atoms with Gasteiger partial charge in [-0.2, -0.15) is 0 Å². The summed E-state index contributed by atoms with van der Waals surface area (Å²) in [6, 6.07) is 6.27. The highest BCUT2D eigenvalue weighted by atomic mass is 79.9. The average Bonchev–Trinajstić information content (AvgIpc) is 1.85. The van der Waals surface area contributed by atoms with Gasteiger partial charge in [0.1, 0.15) is 0 Å². The molecule has 0 heterocycles. The molecule has 0 spiro atoms. The maximum atomic E-state index is 5.68. The molecule has 0 aliphatic rings. The largest absolute Gasteiger partial charge is 0.315 e. The van der Waals surface area contributed by atoms with E-state index in [1.54, 1.807) is 0 Å². The minimum Gasteiger partial charge on any atom is -0.315 e. The first kappa shape index (κ1) is 8.75. The Morgan fingerprint density at radius 1 is 1.36 bits per heavy atom. The number of hydrogen-bond acceptors (Lipinski definition) is 1. The van der Waals surface area contributed by atoms with Crippen LogP contribution in [-0.4, -0.2) is 0 Å². The number of aryl methyl sites for hydroxylation is 2. The number of halogens is 1. The van der Waals surface area contributed by atoms with Crippen molar-refractivity contribution in [1.29, 1.82) is 0 Å². The van der Waals surface area contributed by atoms with Gasteiger partial charge in [-0.3, -0.25) is 0 Å². The van der Waals surface area contributed by atoms with Crippen LogP contribution in [0.2, 0.25) is 0 Å². The van der Waals surface area contributed by atoms with E-state index in [0.29, 0.717) is 0 Å². The van der Waals surface area contributed by atoms with Crippen LogP contribution in [0.15, 0.2) is 18.2 Å². The second kappa shape index (κ2) is 3.37. The lowest BCUT2D eigenvalue weighted by molar-refractivity contribution is 1.03. The Kier molecular flexibility index (Phi) is 2.68. The van der Waals surface area contributed by atoms with E-state index in [1.807, 2.05) is 0 Å². The first-order valence-corrected chi connectivity index (χ1v) is 4.49. The molecule has 0 aliphatic heterocycles. The molecule has 0 fully saturated rings. The maximum Gasteiger partial charge on any atom is 0.0864 e. The Morgan fingerprint density at radius 3 is 2.45 bits per heavy atom. The topological polar surface area (TPSA) is 26.0 Å². The Bertz CT molecular complexity index is 256. The van der Waals surface area contributed by atoms with E-state index in [1.165, 1.54) is 11.1 Å². The third kappa shape index (κ3) is 2.04. The zero-order valence-corrected chi connectivity index (χ0v) is 8.35. The molecule has 0 aliphatic carbocycles. The zero-order valence-electron chi connectivity index (χ0n) is 6.76. The fourth-order valence-corrected chi connectivity index (χ4v) is 1.65. The van der Waals surface area contributed by atoms with E-state index in [0.717, 1.165) is 5.56 Å². The summed E-state index contributed by atoms with van der Waals surface area (Å²) < 4.78 is 0. The van der Waals surface area contributed by atoms with E-state index in [4.69, 9.17) is 5.73 Å². The van der Waals surface area contributed by atoms with E-state index in [9.17, 15) is 0 Å². The van der Waals surface area contributed by atoms with Crippen LogP contribution in [0.5, 0.6) is 0 Å². The second-order valence-corrected chi connectivity index (χ2v) is 3.75. The third-order valence-electron chi connectivity index (χ3n) is 1.72. The molecule has 2 N–H and O–H groups in total. The van der Waals surface area contributed by atoms with Crippen molar-refractivity contribution in [3.63, 3.8) is 0 Å². The summed E-state index contributed by atoms with van der Waals surface area (Å²) in [6.45, 7) is 4.15. The summed E-state index contributed by atoms with van der Waals surface area (Å²) in [5.41, 5.74) is 9.37. The lowest BCUT2D eigenvalue weighted by Gasteiger charge is -2.08. The number of benzene rings is 1. The van der Waals surface area contributed by atoms with Gasteiger partial charge in [0.15, 0.2) is 0 Å². The van der Waals surface area contributed by atoms with Crippen LogP contribution in [0.3, 0.4) is 0 Å². The van der Waals surface area contributed by atoms with Crippen molar-refractivity contribution in [1.82, 2.24) is 0 Å². The molecule has 1 unspecified atom stereocenters. The number of alkyl halides is 1. The average molecular weight is 214 g/mol. The molecule has 0 bridgehead atoms. The molecule has 60 valence electrons. The minimum atomic E-state index is -0.0388. The summed E-state index contributed by atoms with van der Waals surface area (Å²) in [7, 11) is 0. The molecule has 1 aromatic carbocycles. The number of rotatable bonds is 1. The summed E-state index contributed by atoms with van der Waals surface area (Å²) in [5.74, 6) is 0. The second-order valence-electron chi connectivity index (χ2n) is 2.76. The van der Waals surface area contributed by atoms with E-state index in [-0.39, 0.29) is 4.95 Å². The van der Waals surface area contributed by atoms with Crippen LogP contribution >= 0.6 is 15.9 Å². The molecule has 1 atom stereocenters. The Hall–Kier alpha value is -0.340. The first-order valence-electron chi connectivity index (χ1n) is 3.58. The fourth-order valence-electron chi connectivity index (χ4n) is 1.14. The minimum absolute atomic E-state index is 0.0388. The molecular formula is C9H12BrN. The van der Waals surface area contributed by atoms with Gasteiger partial charge in [0, 0.05) is 0 Å². The van der Waals surface area contributed by atoms with Crippen molar-refractivity contribution >= 4 is 15.9 Å². The highest BCUT2D eigenvalue weighted by Crippen LogP contribution is 2.20. The van der Waals surface area contributed by atoms with Crippen LogP contribution in [0.4, 0.5) is 0 Å². The highest BCUT2D eigenvalue weighted by Gasteiger charge is 2.03. The van der Waals surface area contributed by atoms with Gasteiger partial charge < -0.3 is 5.73 Å². The molecule has 1 aromatic rings. The predicted octanol–water partition coefficient (Wildman–Crippen LogP) is 2.66. The monoisotopic (exact) mass is 213 g/mol. The normalized spacial score (nSPS) is 13.1. The van der Waals surface area contributed by atoms with Crippen LogP contribution < -0.4 is 5.73 Å². The Morgan fingerprint density at radius 2 is 2.00 bits per heavy atom. The fraction of sp³-hybridized carbons (Fsp3) is 0.333. The summed E-state index contributed by atoms with van der Waals surface area (Å²) in [4.78, 5) is -0.0388. The molecule has 0 amide bonds. The van der Waals surface area contributed by atoms with Crippen molar-refractivity contribution in [2.75, 3.05) is 0 Å². The lowest BCUT2D eigenvalue weighted by atomic mass is 10.1. The molecule has 11 heavy (non-hydrogen) atoms. The first-order chi connectivity index (χ1) is 5.11. The van der Waals surface area contributed by atoms with Crippen molar-refractivity contribution in [2.24, 2.45) is 5.73 Å².